The van der Waals surface area contributed by atoms with E-state index in [-0.39, 0.29) is 0 Å². The van der Waals surface area contributed by atoms with Crippen LogP contribution in [0.25, 0.3) is 0 Å². The molecule has 1 aliphatic heterocycles. The molecule has 3 nitrogen and oxygen atoms in total. The molecule has 0 amide bonds. The van der Waals surface area contributed by atoms with E-state index < -0.39 is 11.4 Å². The highest BCUT2D eigenvalue weighted by molar-refractivity contribution is 5.74. The van der Waals surface area contributed by atoms with Gasteiger partial charge in [-0.2, -0.15) is 0 Å². The highest BCUT2D eigenvalue weighted by atomic mass is 16.4. The van der Waals surface area contributed by atoms with E-state index in [9.17, 15) is 4.79 Å². The van der Waals surface area contributed by atoms with Crippen molar-refractivity contribution in [2.45, 2.75) is 26.7 Å². The minimum Gasteiger partial charge on any atom is -0.481 e. The Labute approximate surface area is 85.4 Å². The molecule has 0 saturated heterocycles. The van der Waals surface area contributed by atoms with Crippen molar-refractivity contribution < 1.29 is 9.90 Å². The van der Waals surface area contributed by atoms with Gasteiger partial charge >= 0.3 is 5.97 Å². The average molecular weight is 197 g/mol. The lowest BCUT2D eigenvalue weighted by atomic mass is 9.84. The van der Waals surface area contributed by atoms with Crippen LogP contribution in [0.15, 0.2) is 11.6 Å². The van der Waals surface area contributed by atoms with Gasteiger partial charge in [0.1, 0.15) is 0 Å². The molecule has 0 aliphatic carbocycles. The van der Waals surface area contributed by atoms with Crippen LogP contribution in [-0.4, -0.2) is 36.1 Å². The lowest BCUT2D eigenvalue weighted by molar-refractivity contribution is -0.146. The van der Waals surface area contributed by atoms with Gasteiger partial charge in [0.25, 0.3) is 0 Å². The second kappa shape index (κ2) is 4.13. The molecule has 0 saturated carbocycles. The zero-order valence-corrected chi connectivity index (χ0v) is 9.21. The molecule has 1 heterocycles. The highest BCUT2D eigenvalue weighted by Gasteiger charge is 2.28. The molecule has 0 spiro atoms. The van der Waals surface area contributed by atoms with Gasteiger partial charge in [-0.05, 0) is 33.7 Å². The summed E-state index contributed by atoms with van der Waals surface area (Å²) >= 11 is 0. The number of aliphatic carboxylic acids is 1. The van der Waals surface area contributed by atoms with Gasteiger partial charge in [-0.25, -0.2) is 0 Å². The normalized spacial score (nSPS) is 19.2. The molecule has 1 N–H and O–H groups in total. The Balaban J connectivity index is 2.57. The summed E-state index contributed by atoms with van der Waals surface area (Å²) in [7, 11) is 2.08. The summed E-state index contributed by atoms with van der Waals surface area (Å²) in [5.74, 6) is -0.711. The highest BCUT2D eigenvalue weighted by Crippen LogP contribution is 2.28. The molecule has 3 heteroatoms. The van der Waals surface area contributed by atoms with E-state index in [1.165, 1.54) is 5.57 Å². The number of carboxylic acid groups (broad SMARTS) is 1. The molecule has 80 valence electrons. The number of carboxylic acids is 1. The monoisotopic (exact) mass is 197 g/mol. The van der Waals surface area contributed by atoms with Crippen molar-refractivity contribution in [3.05, 3.63) is 11.6 Å². The van der Waals surface area contributed by atoms with Crippen LogP contribution in [0.3, 0.4) is 0 Å². The smallest absolute Gasteiger partial charge is 0.309 e. The Morgan fingerprint density at radius 2 is 2.29 bits per heavy atom. The third-order valence-corrected chi connectivity index (χ3v) is 2.75. The Morgan fingerprint density at radius 1 is 1.64 bits per heavy atom. The maximum atomic E-state index is 10.9. The molecule has 0 unspecified atom stereocenters. The minimum atomic E-state index is -0.711. The third kappa shape index (κ3) is 2.84. The van der Waals surface area contributed by atoms with Gasteiger partial charge in [-0.1, -0.05) is 11.6 Å². The SMILES string of the molecule is CN1CC=C(CC(C)(C)C(=O)O)CC1. The van der Waals surface area contributed by atoms with Crippen LogP contribution >= 0.6 is 0 Å². The number of hydrogen-bond donors (Lipinski definition) is 1. The molecule has 0 fully saturated rings. The number of likely N-dealkylation sites (N-methyl/N-ethyl adjacent to an activating group) is 1. The first kappa shape index (κ1) is 11.2. The topological polar surface area (TPSA) is 40.5 Å². The zero-order valence-electron chi connectivity index (χ0n) is 9.21. The quantitative estimate of drug-likeness (QED) is 0.701. The Hall–Kier alpha value is -0.830. The van der Waals surface area contributed by atoms with Gasteiger partial charge < -0.3 is 10.0 Å². The van der Waals surface area contributed by atoms with Gasteiger partial charge in [0, 0.05) is 13.1 Å². The predicted molar refractivity (Wildman–Crippen MR) is 56.2 cm³/mol. The van der Waals surface area contributed by atoms with E-state index in [0.717, 1.165) is 19.5 Å². The molecular formula is C11H19NO2. The summed E-state index contributed by atoms with van der Waals surface area (Å²) in [5.41, 5.74) is 0.664. The first-order chi connectivity index (χ1) is 6.42. The standard InChI is InChI=1S/C11H19NO2/c1-11(2,10(13)14)8-9-4-6-12(3)7-5-9/h4H,5-8H2,1-3H3,(H,13,14). The van der Waals surface area contributed by atoms with Crippen LogP contribution in [0.5, 0.6) is 0 Å². The molecule has 1 rings (SSSR count). The van der Waals surface area contributed by atoms with E-state index in [1.807, 2.05) is 0 Å². The van der Waals surface area contributed by atoms with Crippen LogP contribution in [0.4, 0.5) is 0 Å². The molecule has 14 heavy (non-hydrogen) atoms. The number of rotatable bonds is 3. The molecule has 0 atom stereocenters. The van der Waals surface area contributed by atoms with E-state index in [0.29, 0.717) is 6.42 Å². The molecule has 1 aliphatic rings. The summed E-state index contributed by atoms with van der Waals surface area (Å²) < 4.78 is 0. The van der Waals surface area contributed by atoms with Crippen molar-refractivity contribution in [3.8, 4) is 0 Å². The number of carbonyl (C=O) groups is 1. The van der Waals surface area contributed by atoms with Crippen molar-refractivity contribution in [2.24, 2.45) is 5.41 Å². The summed E-state index contributed by atoms with van der Waals surface area (Å²) in [6, 6.07) is 0. The second-order valence-corrected chi connectivity index (χ2v) is 4.74. The molecule has 0 aromatic carbocycles. The molecule has 0 bridgehead atoms. The first-order valence-corrected chi connectivity index (χ1v) is 5.01. The molecule has 0 aromatic heterocycles. The van der Waals surface area contributed by atoms with Gasteiger partial charge in [-0.3, -0.25) is 4.79 Å². The van der Waals surface area contributed by atoms with Crippen LogP contribution in [-0.2, 0) is 4.79 Å². The lowest BCUT2D eigenvalue weighted by Gasteiger charge is -2.26. The summed E-state index contributed by atoms with van der Waals surface area (Å²) in [6.45, 7) is 5.57. The maximum absolute atomic E-state index is 10.9. The van der Waals surface area contributed by atoms with Crippen LogP contribution < -0.4 is 0 Å². The zero-order chi connectivity index (χ0) is 10.8. The number of nitrogens with zero attached hydrogens (tertiary/aromatic N) is 1. The van der Waals surface area contributed by atoms with Crippen molar-refractivity contribution in [1.29, 1.82) is 0 Å². The Bertz CT molecular complexity index is 256. The summed E-state index contributed by atoms with van der Waals surface area (Å²) in [4.78, 5) is 13.2. The van der Waals surface area contributed by atoms with E-state index in [4.69, 9.17) is 5.11 Å². The van der Waals surface area contributed by atoms with Crippen LogP contribution in [0.2, 0.25) is 0 Å². The maximum Gasteiger partial charge on any atom is 0.309 e. The van der Waals surface area contributed by atoms with Gasteiger partial charge in [0.15, 0.2) is 0 Å². The second-order valence-electron chi connectivity index (χ2n) is 4.74. The van der Waals surface area contributed by atoms with E-state index in [2.05, 4.69) is 18.0 Å². The van der Waals surface area contributed by atoms with Gasteiger partial charge in [0.05, 0.1) is 5.41 Å². The van der Waals surface area contributed by atoms with Crippen molar-refractivity contribution in [2.75, 3.05) is 20.1 Å². The van der Waals surface area contributed by atoms with E-state index in [1.54, 1.807) is 13.8 Å². The Kier molecular flexibility index (Phi) is 3.32. The molecular weight excluding hydrogens is 178 g/mol. The Morgan fingerprint density at radius 3 is 2.71 bits per heavy atom. The lowest BCUT2D eigenvalue weighted by Crippen LogP contribution is -2.28. The fraction of sp³-hybridized carbons (Fsp3) is 0.727. The van der Waals surface area contributed by atoms with Crippen LogP contribution in [0, 0.1) is 5.41 Å². The van der Waals surface area contributed by atoms with Crippen molar-refractivity contribution in [3.63, 3.8) is 0 Å². The largest absolute Gasteiger partial charge is 0.481 e. The molecule has 0 aromatic rings. The molecule has 0 radical (unpaired) electrons. The van der Waals surface area contributed by atoms with Gasteiger partial charge in [0.2, 0.25) is 0 Å². The van der Waals surface area contributed by atoms with Crippen molar-refractivity contribution in [1.82, 2.24) is 4.90 Å². The summed E-state index contributed by atoms with van der Waals surface area (Å²) in [6.07, 6.45) is 3.84. The van der Waals surface area contributed by atoms with Crippen molar-refractivity contribution >= 4 is 5.97 Å². The average Bonchev–Trinajstić information content (AvgIpc) is 2.08. The minimum absolute atomic E-state index is 0.623. The van der Waals surface area contributed by atoms with E-state index >= 15 is 0 Å². The number of hydrogen-bond acceptors (Lipinski definition) is 2. The fourth-order valence-corrected chi connectivity index (χ4v) is 1.62. The predicted octanol–water partition coefficient (Wildman–Crippen LogP) is 1.75. The van der Waals surface area contributed by atoms with Crippen LogP contribution in [0.1, 0.15) is 26.7 Å². The fourth-order valence-electron chi connectivity index (χ4n) is 1.62. The third-order valence-electron chi connectivity index (χ3n) is 2.75. The first-order valence-electron chi connectivity index (χ1n) is 5.01. The van der Waals surface area contributed by atoms with Gasteiger partial charge in [-0.15, -0.1) is 0 Å². The summed E-state index contributed by atoms with van der Waals surface area (Å²) in [5, 5.41) is 8.99.